The summed E-state index contributed by atoms with van der Waals surface area (Å²) in [6, 6.07) is 12.3. The third kappa shape index (κ3) is 3.43. The SMILES string of the molecule is C/C(=N\N=C(N)N)c1cn(S(=O)(=O)c2ccc(C)cc2)c2cccc(C)c12. The van der Waals surface area contributed by atoms with Crippen molar-refractivity contribution in [1.29, 1.82) is 0 Å². The Morgan fingerprint density at radius 3 is 2.30 bits per heavy atom. The van der Waals surface area contributed by atoms with E-state index in [2.05, 4.69) is 10.2 Å². The highest BCUT2D eigenvalue weighted by Crippen LogP contribution is 2.29. The maximum Gasteiger partial charge on any atom is 0.268 e. The lowest BCUT2D eigenvalue weighted by Gasteiger charge is -2.08. The van der Waals surface area contributed by atoms with Gasteiger partial charge in [-0.15, -0.1) is 5.10 Å². The van der Waals surface area contributed by atoms with Gasteiger partial charge < -0.3 is 11.5 Å². The van der Waals surface area contributed by atoms with Crippen molar-refractivity contribution in [2.75, 3.05) is 0 Å². The van der Waals surface area contributed by atoms with Gasteiger partial charge in [-0.2, -0.15) is 5.10 Å². The molecule has 0 unspecified atom stereocenters. The Bertz CT molecular complexity index is 1170. The molecule has 2 aromatic carbocycles. The Hall–Kier alpha value is -3.13. The van der Waals surface area contributed by atoms with Crippen molar-refractivity contribution in [2.24, 2.45) is 21.7 Å². The molecule has 4 N–H and O–H groups in total. The van der Waals surface area contributed by atoms with E-state index in [9.17, 15) is 8.42 Å². The molecular formula is C19H21N5O2S. The summed E-state index contributed by atoms with van der Waals surface area (Å²) in [7, 11) is -3.77. The van der Waals surface area contributed by atoms with E-state index in [0.29, 0.717) is 16.8 Å². The monoisotopic (exact) mass is 383 g/mol. The molecule has 0 aliphatic rings. The molecule has 0 radical (unpaired) electrons. The van der Waals surface area contributed by atoms with Crippen LogP contribution in [0.1, 0.15) is 23.6 Å². The molecule has 7 nitrogen and oxygen atoms in total. The van der Waals surface area contributed by atoms with Gasteiger partial charge in [-0.05, 0) is 44.5 Å². The van der Waals surface area contributed by atoms with Crippen molar-refractivity contribution in [3.63, 3.8) is 0 Å². The molecule has 0 fully saturated rings. The third-order valence-corrected chi connectivity index (χ3v) is 5.97. The summed E-state index contributed by atoms with van der Waals surface area (Å²) in [5.41, 5.74) is 14.4. The molecule has 0 spiro atoms. The molecule has 3 aromatic rings. The molecular weight excluding hydrogens is 362 g/mol. The summed E-state index contributed by atoms with van der Waals surface area (Å²) in [5.74, 6) is -0.165. The average molecular weight is 383 g/mol. The number of benzene rings is 2. The highest BCUT2D eigenvalue weighted by Gasteiger charge is 2.22. The van der Waals surface area contributed by atoms with Crippen LogP contribution in [0.5, 0.6) is 0 Å². The number of aryl methyl sites for hydroxylation is 2. The van der Waals surface area contributed by atoms with Crippen molar-refractivity contribution in [3.05, 3.63) is 65.4 Å². The van der Waals surface area contributed by atoms with E-state index in [4.69, 9.17) is 11.5 Å². The molecule has 3 rings (SSSR count). The van der Waals surface area contributed by atoms with Crippen LogP contribution in [0.15, 0.2) is 63.8 Å². The van der Waals surface area contributed by atoms with Crippen LogP contribution in [0.2, 0.25) is 0 Å². The lowest BCUT2D eigenvalue weighted by atomic mass is 10.1. The summed E-state index contributed by atoms with van der Waals surface area (Å²) in [5, 5.41) is 8.48. The third-order valence-electron chi connectivity index (χ3n) is 4.29. The zero-order valence-corrected chi connectivity index (χ0v) is 16.2. The van der Waals surface area contributed by atoms with Crippen molar-refractivity contribution in [1.82, 2.24) is 3.97 Å². The summed E-state index contributed by atoms with van der Waals surface area (Å²) >= 11 is 0. The van der Waals surface area contributed by atoms with Crippen molar-refractivity contribution >= 4 is 32.6 Å². The van der Waals surface area contributed by atoms with Crippen molar-refractivity contribution in [2.45, 2.75) is 25.7 Å². The highest BCUT2D eigenvalue weighted by atomic mass is 32.2. The van der Waals surface area contributed by atoms with Gasteiger partial charge >= 0.3 is 0 Å². The lowest BCUT2D eigenvalue weighted by Crippen LogP contribution is -2.22. The van der Waals surface area contributed by atoms with Gasteiger partial charge in [-0.3, -0.25) is 0 Å². The minimum absolute atomic E-state index is 0.165. The van der Waals surface area contributed by atoms with Gasteiger partial charge in [0.1, 0.15) is 0 Å². The number of fused-ring (bicyclic) bond motifs is 1. The molecule has 1 heterocycles. The molecule has 8 heteroatoms. The van der Waals surface area contributed by atoms with E-state index in [0.717, 1.165) is 16.5 Å². The topological polar surface area (TPSA) is 116 Å². The molecule has 0 amide bonds. The van der Waals surface area contributed by atoms with Crippen LogP contribution < -0.4 is 11.5 Å². The first-order chi connectivity index (χ1) is 12.7. The molecule has 140 valence electrons. The fourth-order valence-corrected chi connectivity index (χ4v) is 4.28. The van der Waals surface area contributed by atoms with Gasteiger partial charge in [0, 0.05) is 17.1 Å². The zero-order chi connectivity index (χ0) is 19.8. The molecule has 0 aliphatic carbocycles. The second-order valence-corrected chi connectivity index (χ2v) is 8.15. The predicted molar refractivity (Wildman–Crippen MR) is 108 cm³/mol. The first-order valence-corrected chi connectivity index (χ1v) is 9.72. The van der Waals surface area contributed by atoms with Gasteiger partial charge in [-0.1, -0.05) is 29.8 Å². The number of hydrogen-bond acceptors (Lipinski definition) is 4. The Kier molecular flexibility index (Phi) is 4.75. The number of aromatic nitrogens is 1. The summed E-state index contributed by atoms with van der Waals surface area (Å²) in [6.07, 6.45) is 1.56. The van der Waals surface area contributed by atoms with E-state index in [1.807, 2.05) is 26.0 Å². The molecule has 1 aromatic heterocycles. The Labute approximate surface area is 158 Å². The van der Waals surface area contributed by atoms with E-state index in [-0.39, 0.29) is 10.9 Å². The summed E-state index contributed by atoms with van der Waals surface area (Å²) in [4.78, 5) is 0.219. The normalized spacial score (nSPS) is 12.3. The number of rotatable bonds is 4. The Balaban J connectivity index is 2.29. The van der Waals surface area contributed by atoms with Gasteiger partial charge in [0.15, 0.2) is 0 Å². The maximum absolute atomic E-state index is 13.2. The number of hydrogen-bond donors (Lipinski definition) is 2. The lowest BCUT2D eigenvalue weighted by molar-refractivity contribution is 0.589. The first-order valence-electron chi connectivity index (χ1n) is 8.28. The van der Waals surface area contributed by atoms with Gasteiger partial charge in [-0.25, -0.2) is 12.4 Å². The average Bonchev–Trinajstić information content (AvgIpc) is 3.02. The minimum Gasteiger partial charge on any atom is -0.369 e. The Morgan fingerprint density at radius 1 is 1.00 bits per heavy atom. The van der Waals surface area contributed by atoms with Gasteiger partial charge in [0.2, 0.25) is 5.96 Å². The summed E-state index contributed by atoms with van der Waals surface area (Å²) in [6.45, 7) is 5.56. The molecule has 27 heavy (non-hydrogen) atoms. The van der Waals surface area contributed by atoms with Crippen LogP contribution in [0, 0.1) is 13.8 Å². The quantitative estimate of drug-likeness (QED) is 0.409. The fourth-order valence-electron chi connectivity index (χ4n) is 2.92. The first kappa shape index (κ1) is 18.7. The number of nitrogens with two attached hydrogens (primary N) is 2. The molecule has 0 aliphatic heterocycles. The second-order valence-electron chi connectivity index (χ2n) is 6.34. The van der Waals surface area contributed by atoms with Crippen molar-refractivity contribution < 1.29 is 8.42 Å². The fraction of sp³-hybridized carbons (Fsp3) is 0.158. The molecule has 0 bridgehead atoms. The predicted octanol–water partition coefficient (Wildman–Crippen LogP) is 2.49. The van der Waals surface area contributed by atoms with Crippen LogP contribution in [0.3, 0.4) is 0 Å². The maximum atomic E-state index is 13.2. The van der Waals surface area contributed by atoms with Crippen LogP contribution >= 0.6 is 0 Å². The van der Waals surface area contributed by atoms with Crippen LogP contribution in [-0.2, 0) is 10.0 Å². The Morgan fingerprint density at radius 2 is 1.67 bits per heavy atom. The van der Waals surface area contributed by atoms with Gasteiger partial charge in [0.05, 0.1) is 16.1 Å². The largest absolute Gasteiger partial charge is 0.369 e. The van der Waals surface area contributed by atoms with Crippen molar-refractivity contribution in [3.8, 4) is 0 Å². The van der Waals surface area contributed by atoms with E-state index in [1.54, 1.807) is 43.5 Å². The van der Waals surface area contributed by atoms with Crippen LogP contribution in [-0.4, -0.2) is 24.1 Å². The standard InChI is InChI=1S/C19H21N5O2S/c1-12-7-9-15(10-8-12)27(25,26)24-11-16(14(3)22-23-19(20)21)18-13(2)5-4-6-17(18)24/h4-11H,1-3H3,(H4,20,21,23)/b22-14+. The minimum atomic E-state index is -3.77. The zero-order valence-electron chi connectivity index (χ0n) is 15.3. The van der Waals surface area contributed by atoms with E-state index >= 15 is 0 Å². The number of guanidine groups is 1. The highest BCUT2D eigenvalue weighted by molar-refractivity contribution is 7.90. The van der Waals surface area contributed by atoms with Gasteiger partial charge in [0.25, 0.3) is 10.0 Å². The van der Waals surface area contributed by atoms with E-state index in [1.165, 1.54) is 3.97 Å². The number of nitrogens with zero attached hydrogens (tertiary/aromatic N) is 3. The van der Waals surface area contributed by atoms with Crippen LogP contribution in [0.4, 0.5) is 0 Å². The van der Waals surface area contributed by atoms with Crippen LogP contribution in [0.25, 0.3) is 10.9 Å². The molecule has 0 atom stereocenters. The molecule has 0 saturated heterocycles. The molecule has 0 saturated carbocycles. The van der Waals surface area contributed by atoms with E-state index < -0.39 is 10.0 Å². The summed E-state index contributed by atoms with van der Waals surface area (Å²) < 4.78 is 27.7. The second kappa shape index (κ2) is 6.88. The smallest absolute Gasteiger partial charge is 0.268 e.